The highest BCUT2D eigenvalue weighted by atomic mass is 16.5. The van der Waals surface area contributed by atoms with Crippen LogP contribution in [0.2, 0.25) is 0 Å². The Hall–Kier alpha value is -0.970. The lowest BCUT2D eigenvalue weighted by atomic mass is 10.2. The van der Waals surface area contributed by atoms with Crippen LogP contribution in [0.15, 0.2) is 18.3 Å². The molecule has 1 rings (SSSR count). The Labute approximate surface area is 103 Å². The van der Waals surface area contributed by atoms with Crippen LogP contribution >= 0.6 is 0 Å². The maximum atomic E-state index is 5.40. The molecule has 1 aromatic heterocycles. The minimum Gasteiger partial charge on any atom is -0.382 e. The van der Waals surface area contributed by atoms with Gasteiger partial charge in [0.05, 0.1) is 25.5 Å². The van der Waals surface area contributed by atoms with Crippen LogP contribution in [0, 0.1) is 0 Å². The van der Waals surface area contributed by atoms with E-state index < -0.39 is 0 Å². The third-order valence-electron chi connectivity index (χ3n) is 2.32. The molecule has 0 aliphatic carbocycles. The molecule has 0 unspecified atom stereocenters. The van der Waals surface area contributed by atoms with Crippen molar-refractivity contribution >= 4 is 0 Å². The summed E-state index contributed by atoms with van der Waals surface area (Å²) in [7, 11) is 1.67. The molecule has 0 aliphatic heterocycles. The number of methoxy groups -OCH3 is 1. The third kappa shape index (κ3) is 6.36. The standard InChI is InChI=1S/C13H22N2O2/c1-3-6-14-9-12-4-5-13(15-10-12)11-17-8-7-16-2/h4-5,10,14H,3,6-9,11H2,1-2H3. The SMILES string of the molecule is CCCNCc1ccc(COCCOC)nc1. The lowest BCUT2D eigenvalue weighted by molar-refractivity contribution is 0.0602. The molecular weight excluding hydrogens is 216 g/mol. The van der Waals surface area contributed by atoms with Crippen LogP contribution in [0.4, 0.5) is 0 Å². The Bertz CT molecular complexity index is 288. The second-order valence-corrected chi connectivity index (χ2v) is 3.88. The number of nitrogens with one attached hydrogen (secondary N) is 1. The van der Waals surface area contributed by atoms with Gasteiger partial charge in [0.25, 0.3) is 0 Å². The first-order chi connectivity index (χ1) is 8.36. The van der Waals surface area contributed by atoms with Crippen LogP contribution < -0.4 is 5.32 Å². The van der Waals surface area contributed by atoms with Crippen molar-refractivity contribution in [1.82, 2.24) is 10.3 Å². The maximum Gasteiger partial charge on any atom is 0.0889 e. The second kappa shape index (κ2) is 9.10. The van der Waals surface area contributed by atoms with Gasteiger partial charge in [-0.3, -0.25) is 4.98 Å². The highest BCUT2D eigenvalue weighted by Crippen LogP contribution is 2.01. The highest BCUT2D eigenvalue weighted by molar-refractivity contribution is 5.13. The van der Waals surface area contributed by atoms with Crippen LogP contribution in [0.25, 0.3) is 0 Å². The summed E-state index contributed by atoms with van der Waals surface area (Å²) in [6, 6.07) is 4.10. The van der Waals surface area contributed by atoms with Gasteiger partial charge in [0, 0.05) is 19.9 Å². The van der Waals surface area contributed by atoms with Crippen LogP contribution in [-0.2, 0) is 22.6 Å². The molecular formula is C13H22N2O2. The molecule has 1 aromatic rings. The average Bonchev–Trinajstić information content (AvgIpc) is 2.37. The fourth-order valence-electron chi connectivity index (χ4n) is 1.37. The summed E-state index contributed by atoms with van der Waals surface area (Å²) in [5.41, 5.74) is 2.17. The monoisotopic (exact) mass is 238 g/mol. The number of pyridine rings is 1. The molecule has 1 N–H and O–H groups in total. The summed E-state index contributed by atoms with van der Waals surface area (Å²) >= 11 is 0. The molecule has 0 saturated heterocycles. The predicted molar refractivity (Wildman–Crippen MR) is 67.8 cm³/mol. The number of ether oxygens (including phenoxy) is 2. The van der Waals surface area contributed by atoms with Crippen LogP contribution in [0.3, 0.4) is 0 Å². The van der Waals surface area contributed by atoms with Gasteiger partial charge in [-0.25, -0.2) is 0 Å². The molecule has 0 spiro atoms. The van der Waals surface area contributed by atoms with Gasteiger partial charge in [-0.1, -0.05) is 13.0 Å². The van der Waals surface area contributed by atoms with E-state index in [-0.39, 0.29) is 0 Å². The van der Waals surface area contributed by atoms with E-state index in [0.717, 1.165) is 25.2 Å². The Morgan fingerprint density at radius 3 is 2.82 bits per heavy atom. The van der Waals surface area contributed by atoms with Crippen molar-refractivity contribution in [3.05, 3.63) is 29.6 Å². The van der Waals surface area contributed by atoms with Crippen molar-refractivity contribution in [2.75, 3.05) is 26.9 Å². The van der Waals surface area contributed by atoms with Crippen molar-refractivity contribution in [2.24, 2.45) is 0 Å². The summed E-state index contributed by atoms with van der Waals surface area (Å²) in [4.78, 5) is 4.35. The first-order valence-electron chi connectivity index (χ1n) is 6.08. The largest absolute Gasteiger partial charge is 0.382 e. The summed E-state index contributed by atoms with van der Waals surface area (Å²) in [6.45, 7) is 5.86. The van der Waals surface area contributed by atoms with Crippen molar-refractivity contribution in [2.45, 2.75) is 26.5 Å². The molecule has 0 aromatic carbocycles. The number of nitrogens with zero attached hydrogens (tertiary/aromatic N) is 1. The molecule has 0 atom stereocenters. The fourth-order valence-corrected chi connectivity index (χ4v) is 1.37. The Balaban J connectivity index is 2.24. The van der Waals surface area contributed by atoms with Gasteiger partial charge < -0.3 is 14.8 Å². The normalized spacial score (nSPS) is 10.7. The number of hydrogen-bond acceptors (Lipinski definition) is 4. The lowest BCUT2D eigenvalue weighted by Gasteiger charge is -2.05. The van der Waals surface area contributed by atoms with Crippen molar-refractivity contribution in [3.8, 4) is 0 Å². The van der Waals surface area contributed by atoms with Gasteiger partial charge in [0.1, 0.15) is 0 Å². The Morgan fingerprint density at radius 2 is 2.18 bits per heavy atom. The van der Waals surface area contributed by atoms with Gasteiger partial charge in [0.15, 0.2) is 0 Å². The van der Waals surface area contributed by atoms with E-state index in [4.69, 9.17) is 9.47 Å². The molecule has 0 saturated carbocycles. The van der Waals surface area contributed by atoms with Crippen LogP contribution in [-0.4, -0.2) is 31.9 Å². The Kier molecular flexibility index (Phi) is 7.54. The van der Waals surface area contributed by atoms with Crippen molar-refractivity contribution < 1.29 is 9.47 Å². The smallest absolute Gasteiger partial charge is 0.0889 e. The molecule has 0 bridgehead atoms. The van der Waals surface area contributed by atoms with E-state index in [9.17, 15) is 0 Å². The van der Waals surface area contributed by atoms with Crippen molar-refractivity contribution in [3.63, 3.8) is 0 Å². The molecule has 96 valence electrons. The molecule has 0 fully saturated rings. The molecule has 17 heavy (non-hydrogen) atoms. The first kappa shape index (κ1) is 14.1. The topological polar surface area (TPSA) is 43.4 Å². The number of hydrogen-bond donors (Lipinski definition) is 1. The average molecular weight is 238 g/mol. The van der Waals surface area contributed by atoms with E-state index >= 15 is 0 Å². The van der Waals surface area contributed by atoms with E-state index in [1.807, 2.05) is 12.3 Å². The molecule has 0 amide bonds. The van der Waals surface area contributed by atoms with Crippen LogP contribution in [0.1, 0.15) is 24.6 Å². The first-order valence-corrected chi connectivity index (χ1v) is 6.08. The van der Waals surface area contributed by atoms with Gasteiger partial charge in [-0.05, 0) is 24.6 Å². The molecule has 0 radical (unpaired) electrons. The minimum atomic E-state index is 0.548. The van der Waals surface area contributed by atoms with Crippen LogP contribution in [0.5, 0.6) is 0 Å². The summed E-state index contributed by atoms with van der Waals surface area (Å²) in [6.07, 6.45) is 3.05. The van der Waals surface area contributed by atoms with Gasteiger partial charge >= 0.3 is 0 Å². The summed E-state index contributed by atoms with van der Waals surface area (Å²) < 4.78 is 10.3. The molecule has 4 nitrogen and oxygen atoms in total. The van der Waals surface area contributed by atoms with E-state index in [2.05, 4.69) is 23.3 Å². The zero-order chi connectivity index (χ0) is 12.3. The number of rotatable bonds is 9. The molecule has 1 heterocycles. The van der Waals surface area contributed by atoms with E-state index in [1.165, 1.54) is 5.56 Å². The maximum absolute atomic E-state index is 5.40. The summed E-state index contributed by atoms with van der Waals surface area (Å²) in [5.74, 6) is 0. The van der Waals surface area contributed by atoms with Crippen molar-refractivity contribution in [1.29, 1.82) is 0 Å². The number of aromatic nitrogens is 1. The van der Waals surface area contributed by atoms with Gasteiger partial charge in [-0.15, -0.1) is 0 Å². The van der Waals surface area contributed by atoms with Gasteiger partial charge in [0.2, 0.25) is 0 Å². The predicted octanol–water partition coefficient (Wildman–Crippen LogP) is 1.74. The quantitative estimate of drug-likeness (QED) is 0.666. The fraction of sp³-hybridized carbons (Fsp3) is 0.615. The zero-order valence-electron chi connectivity index (χ0n) is 10.7. The molecule has 4 heteroatoms. The van der Waals surface area contributed by atoms with E-state index in [0.29, 0.717) is 19.8 Å². The third-order valence-corrected chi connectivity index (χ3v) is 2.32. The Morgan fingerprint density at radius 1 is 1.29 bits per heavy atom. The minimum absolute atomic E-state index is 0.548. The lowest BCUT2D eigenvalue weighted by Crippen LogP contribution is -2.14. The van der Waals surface area contributed by atoms with Gasteiger partial charge in [-0.2, -0.15) is 0 Å². The summed E-state index contributed by atoms with van der Waals surface area (Å²) in [5, 5.41) is 3.34. The van der Waals surface area contributed by atoms with E-state index in [1.54, 1.807) is 7.11 Å². The highest BCUT2D eigenvalue weighted by Gasteiger charge is 1.96. The second-order valence-electron chi connectivity index (χ2n) is 3.88. The molecule has 0 aliphatic rings. The zero-order valence-corrected chi connectivity index (χ0v) is 10.7.